The van der Waals surface area contributed by atoms with Crippen molar-refractivity contribution < 1.29 is 29.3 Å². The minimum absolute atomic E-state index is 0.000137. The third kappa shape index (κ3) is 4.80. The van der Waals surface area contributed by atoms with Crippen LogP contribution in [0.3, 0.4) is 0 Å². The van der Waals surface area contributed by atoms with E-state index in [1.807, 2.05) is 0 Å². The molecule has 0 rings (SSSR count). The van der Waals surface area contributed by atoms with Crippen LogP contribution in [-0.4, -0.2) is 42.5 Å². The minimum atomic E-state index is -0.800. The molecule has 0 aromatic carbocycles. The normalized spacial score (nSPS) is 11.5. The van der Waals surface area contributed by atoms with E-state index in [1.165, 1.54) is 14.0 Å². The van der Waals surface area contributed by atoms with E-state index < -0.39 is 18.5 Å². The van der Waals surface area contributed by atoms with Gasteiger partial charge in [-0.1, -0.05) is 6.58 Å². The van der Waals surface area contributed by atoms with Gasteiger partial charge in [-0.05, 0) is 6.92 Å². The van der Waals surface area contributed by atoms with Gasteiger partial charge in [0, 0.05) is 18.6 Å². The Kier molecular flexibility index (Phi) is 6.85. The molecule has 0 amide bonds. The van der Waals surface area contributed by atoms with Gasteiger partial charge in [0.15, 0.2) is 0 Å². The van der Waals surface area contributed by atoms with Gasteiger partial charge >= 0.3 is 11.9 Å². The molecule has 0 aliphatic carbocycles. The van der Waals surface area contributed by atoms with Crippen molar-refractivity contribution in [2.75, 3.05) is 20.3 Å². The average molecular weight is 244 g/mol. The van der Waals surface area contributed by atoms with E-state index in [9.17, 15) is 9.59 Å². The van der Waals surface area contributed by atoms with Gasteiger partial charge in [0.05, 0.1) is 12.7 Å². The molecule has 0 aromatic rings. The van der Waals surface area contributed by atoms with Crippen molar-refractivity contribution in [2.45, 2.75) is 13.3 Å². The Balaban J connectivity index is 4.77. The van der Waals surface area contributed by atoms with Gasteiger partial charge in [-0.15, -0.1) is 0 Å². The fourth-order valence-corrected chi connectivity index (χ4v) is 0.915. The summed E-state index contributed by atoms with van der Waals surface area (Å²) < 4.78 is 9.20. The molecule has 0 spiro atoms. The molecule has 17 heavy (non-hydrogen) atoms. The first-order chi connectivity index (χ1) is 7.97. The van der Waals surface area contributed by atoms with Crippen LogP contribution in [0.5, 0.6) is 0 Å². The van der Waals surface area contributed by atoms with E-state index in [0.29, 0.717) is 0 Å². The number of hydrogen-bond donors (Lipinski definition) is 2. The van der Waals surface area contributed by atoms with Gasteiger partial charge in [0.2, 0.25) is 0 Å². The fraction of sp³-hybridized carbons (Fsp3) is 0.455. The number of aliphatic hydroxyl groups excluding tert-OH is 2. The lowest BCUT2D eigenvalue weighted by Crippen LogP contribution is -2.15. The summed E-state index contributed by atoms with van der Waals surface area (Å²) in [4.78, 5) is 22.5. The lowest BCUT2D eigenvalue weighted by molar-refractivity contribution is -0.138. The number of hydrogen-bond acceptors (Lipinski definition) is 6. The molecule has 0 radical (unpaired) electrons. The number of ether oxygens (including phenoxy) is 2. The molecule has 6 nitrogen and oxygen atoms in total. The molecule has 0 saturated heterocycles. The van der Waals surface area contributed by atoms with Gasteiger partial charge in [-0.25, -0.2) is 9.59 Å². The molecule has 0 bridgehead atoms. The molecular weight excluding hydrogens is 228 g/mol. The fourth-order valence-electron chi connectivity index (χ4n) is 0.915. The van der Waals surface area contributed by atoms with E-state index in [-0.39, 0.29) is 29.9 Å². The molecule has 96 valence electrons. The molecule has 0 unspecified atom stereocenters. The standard InChI is InChI=1S/C11H16O6/c1-7(4-5-12)10(14)17-9(6-13)8(2)11(15)16-3/h12-13H,1,4-6H2,2-3H3. The van der Waals surface area contributed by atoms with E-state index in [2.05, 4.69) is 11.3 Å². The topological polar surface area (TPSA) is 93.1 Å². The summed E-state index contributed by atoms with van der Waals surface area (Å²) in [5.74, 6) is -1.69. The van der Waals surface area contributed by atoms with Gasteiger partial charge in [0.1, 0.15) is 12.4 Å². The van der Waals surface area contributed by atoms with Crippen LogP contribution in [0, 0.1) is 0 Å². The smallest absolute Gasteiger partial charge is 0.338 e. The van der Waals surface area contributed by atoms with Crippen molar-refractivity contribution >= 4 is 11.9 Å². The minimum Gasteiger partial charge on any atom is -0.466 e. The van der Waals surface area contributed by atoms with Crippen molar-refractivity contribution in [2.24, 2.45) is 0 Å². The number of methoxy groups -OCH3 is 1. The van der Waals surface area contributed by atoms with Crippen molar-refractivity contribution in [3.05, 3.63) is 23.5 Å². The van der Waals surface area contributed by atoms with Crippen LogP contribution >= 0.6 is 0 Å². The van der Waals surface area contributed by atoms with E-state index in [4.69, 9.17) is 14.9 Å². The first kappa shape index (κ1) is 15.3. The van der Waals surface area contributed by atoms with E-state index in [0.717, 1.165) is 0 Å². The summed E-state index contributed by atoms with van der Waals surface area (Å²) in [5.41, 5.74) is 0.0521. The second kappa shape index (κ2) is 7.59. The van der Waals surface area contributed by atoms with Gasteiger partial charge in [-0.2, -0.15) is 0 Å². The summed E-state index contributed by atoms with van der Waals surface area (Å²) in [6, 6.07) is 0. The van der Waals surface area contributed by atoms with E-state index >= 15 is 0 Å². The van der Waals surface area contributed by atoms with Crippen LogP contribution in [0.2, 0.25) is 0 Å². The zero-order valence-corrected chi connectivity index (χ0v) is 9.86. The highest BCUT2D eigenvalue weighted by molar-refractivity contribution is 5.91. The lowest BCUT2D eigenvalue weighted by atomic mass is 10.2. The summed E-state index contributed by atoms with van der Waals surface area (Å²) in [7, 11) is 1.17. The molecule has 0 heterocycles. The summed E-state index contributed by atoms with van der Waals surface area (Å²) in [5, 5.41) is 17.6. The zero-order chi connectivity index (χ0) is 13.4. The molecule has 0 fully saturated rings. The first-order valence-corrected chi connectivity index (χ1v) is 4.87. The third-order valence-corrected chi connectivity index (χ3v) is 1.97. The predicted molar refractivity (Wildman–Crippen MR) is 58.7 cm³/mol. The number of esters is 2. The number of aliphatic hydroxyl groups is 2. The number of carbonyl (C=O) groups excluding carboxylic acids is 2. The SMILES string of the molecule is C=C(CCO)C(=O)OC(CO)=C(C)C(=O)OC. The van der Waals surface area contributed by atoms with E-state index in [1.54, 1.807) is 0 Å². The first-order valence-electron chi connectivity index (χ1n) is 4.87. The van der Waals surface area contributed by atoms with Crippen molar-refractivity contribution in [1.82, 2.24) is 0 Å². The highest BCUT2D eigenvalue weighted by Gasteiger charge is 2.16. The predicted octanol–water partition coefficient (Wildman–Crippen LogP) is -0.0925. The van der Waals surface area contributed by atoms with Gasteiger partial charge in [0.25, 0.3) is 0 Å². The summed E-state index contributed by atoms with van der Waals surface area (Å²) in [6.07, 6.45) is 0.0643. The maximum absolute atomic E-state index is 11.4. The molecule has 0 atom stereocenters. The Hall–Kier alpha value is -1.66. The molecule has 0 aliphatic rings. The highest BCUT2D eigenvalue weighted by Crippen LogP contribution is 2.11. The lowest BCUT2D eigenvalue weighted by Gasteiger charge is -2.10. The average Bonchev–Trinajstić information content (AvgIpc) is 2.33. The summed E-state index contributed by atoms with van der Waals surface area (Å²) in [6.45, 7) is 3.92. The second-order valence-electron chi connectivity index (χ2n) is 3.16. The molecule has 0 aromatic heterocycles. The monoisotopic (exact) mass is 244 g/mol. The Morgan fingerprint density at radius 1 is 1.24 bits per heavy atom. The van der Waals surface area contributed by atoms with Crippen molar-refractivity contribution in [3.63, 3.8) is 0 Å². The largest absolute Gasteiger partial charge is 0.466 e. The van der Waals surface area contributed by atoms with Crippen LogP contribution in [0.25, 0.3) is 0 Å². The Bertz CT molecular complexity index is 342. The zero-order valence-electron chi connectivity index (χ0n) is 9.86. The van der Waals surface area contributed by atoms with Crippen LogP contribution in [0.1, 0.15) is 13.3 Å². The summed E-state index contributed by atoms with van der Waals surface area (Å²) >= 11 is 0. The Morgan fingerprint density at radius 2 is 1.82 bits per heavy atom. The Morgan fingerprint density at radius 3 is 2.24 bits per heavy atom. The van der Waals surface area contributed by atoms with Gasteiger partial charge < -0.3 is 19.7 Å². The third-order valence-electron chi connectivity index (χ3n) is 1.97. The van der Waals surface area contributed by atoms with Crippen LogP contribution in [0.15, 0.2) is 23.5 Å². The molecule has 0 saturated carbocycles. The van der Waals surface area contributed by atoms with Crippen molar-refractivity contribution in [3.8, 4) is 0 Å². The number of carbonyl (C=O) groups is 2. The quantitative estimate of drug-likeness (QED) is 0.385. The van der Waals surface area contributed by atoms with Crippen LogP contribution in [0.4, 0.5) is 0 Å². The van der Waals surface area contributed by atoms with Gasteiger partial charge in [-0.3, -0.25) is 0 Å². The number of rotatable bonds is 6. The Labute approximate surface area is 99.1 Å². The highest BCUT2D eigenvalue weighted by atomic mass is 16.6. The molecule has 0 aliphatic heterocycles. The molecule has 2 N–H and O–H groups in total. The van der Waals surface area contributed by atoms with Crippen LogP contribution < -0.4 is 0 Å². The molecule has 6 heteroatoms. The second-order valence-corrected chi connectivity index (χ2v) is 3.16. The molecular formula is C11H16O6. The van der Waals surface area contributed by atoms with Crippen molar-refractivity contribution in [1.29, 1.82) is 0 Å². The maximum atomic E-state index is 11.4. The maximum Gasteiger partial charge on any atom is 0.338 e. The van der Waals surface area contributed by atoms with Crippen LogP contribution in [-0.2, 0) is 19.1 Å².